The maximum atomic E-state index is 13.6. The van der Waals surface area contributed by atoms with Crippen LogP contribution in [0.25, 0.3) is 11.0 Å². The molecule has 8 nitrogen and oxygen atoms in total. The van der Waals surface area contributed by atoms with Crippen molar-refractivity contribution in [2.24, 2.45) is 0 Å². The fourth-order valence-electron chi connectivity index (χ4n) is 3.63. The molecule has 0 unspecified atom stereocenters. The molecule has 4 aromatic rings. The van der Waals surface area contributed by atoms with Gasteiger partial charge in [0.25, 0.3) is 5.56 Å². The van der Waals surface area contributed by atoms with Crippen molar-refractivity contribution in [1.29, 1.82) is 0 Å². The number of rotatable bonds is 8. The first-order valence-corrected chi connectivity index (χ1v) is 11.7. The van der Waals surface area contributed by atoms with Crippen molar-refractivity contribution < 1.29 is 13.9 Å². The minimum Gasteiger partial charge on any atom is -0.496 e. The number of amides is 1. The van der Waals surface area contributed by atoms with E-state index in [1.807, 2.05) is 31.2 Å². The second-order valence-electron chi connectivity index (χ2n) is 7.54. The molecular weight excluding hydrogens is 457 g/mol. The van der Waals surface area contributed by atoms with Crippen LogP contribution in [0, 0.1) is 12.7 Å². The van der Waals surface area contributed by atoms with E-state index in [2.05, 4.69) is 10.4 Å². The number of ether oxygens (including phenoxy) is 1. The van der Waals surface area contributed by atoms with Gasteiger partial charge < -0.3 is 10.1 Å². The number of aryl methyl sites for hydroxylation is 2. The molecule has 1 N–H and O–H groups in total. The molecule has 2 aromatic carbocycles. The van der Waals surface area contributed by atoms with E-state index >= 15 is 0 Å². The van der Waals surface area contributed by atoms with Gasteiger partial charge in [-0.25, -0.2) is 9.37 Å². The largest absolute Gasteiger partial charge is 0.496 e. The molecule has 0 aliphatic rings. The van der Waals surface area contributed by atoms with E-state index in [0.29, 0.717) is 39.9 Å². The highest BCUT2D eigenvalue weighted by molar-refractivity contribution is 7.99. The molecule has 0 atom stereocenters. The van der Waals surface area contributed by atoms with Crippen LogP contribution in [-0.2, 0) is 17.9 Å². The molecule has 0 spiro atoms. The predicted octanol–water partition coefficient (Wildman–Crippen LogP) is 3.85. The molecule has 0 radical (unpaired) electrons. The molecule has 10 heteroatoms. The number of carbonyl (C=O) groups excluding carboxylic acids is 1. The Morgan fingerprint density at radius 1 is 1.18 bits per heavy atom. The molecule has 0 saturated carbocycles. The summed E-state index contributed by atoms with van der Waals surface area (Å²) in [6, 6.07) is 13.0. The summed E-state index contributed by atoms with van der Waals surface area (Å²) in [5.74, 6) is -0.00829. The summed E-state index contributed by atoms with van der Waals surface area (Å²) in [5.41, 5.74) is 2.66. The first-order valence-electron chi connectivity index (χ1n) is 10.7. The number of anilines is 1. The number of benzene rings is 2. The Kier molecular flexibility index (Phi) is 6.97. The summed E-state index contributed by atoms with van der Waals surface area (Å²) < 4.78 is 21.8. The smallest absolute Gasteiger partial charge is 0.280 e. The van der Waals surface area contributed by atoms with Crippen LogP contribution in [0.2, 0.25) is 0 Å². The van der Waals surface area contributed by atoms with Crippen molar-refractivity contribution in [3.63, 3.8) is 0 Å². The minimum atomic E-state index is -0.381. The summed E-state index contributed by atoms with van der Waals surface area (Å²) in [4.78, 5) is 30.8. The fourth-order valence-corrected chi connectivity index (χ4v) is 4.42. The number of nitrogens with zero attached hydrogens (tertiary/aromatic N) is 4. The number of carbonyl (C=O) groups is 1. The standard InChI is InChI=1S/C24H24FN5O3S/c1-4-30-22-21(15(2)28-30)27-24(34-14-20(31)26-18-11-9-17(25)10-12-18)29(23(22)32)13-16-7-5-6-8-19(16)33-3/h5-12H,4,13-14H2,1-3H3,(H,26,31). The molecule has 0 saturated heterocycles. The molecule has 0 bridgehead atoms. The highest BCUT2D eigenvalue weighted by Gasteiger charge is 2.20. The quantitative estimate of drug-likeness (QED) is 0.304. The van der Waals surface area contributed by atoms with E-state index in [-0.39, 0.29) is 29.6 Å². The average molecular weight is 482 g/mol. The molecule has 4 rings (SSSR count). The third-order valence-corrected chi connectivity index (χ3v) is 6.24. The van der Waals surface area contributed by atoms with Crippen LogP contribution in [-0.4, -0.2) is 38.1 Å². The van der Waals surface area contributed by atoms with Gasteiger partial charge in [-0.1, -0.05) is 30.0 Å². The van der Waals surface area contributed by atoms with E-state index in [9.17, 15) is 14.0 Å². The van der Waals surface area contributed by atoms with Gasteiger partial charge in [0.2, 0.25) is 5.91 Å². The first kappa shape index (κ1) is 23.5. The monoisotopic (exact) mass is 481 g/mol. The van der Waals surface area contributed by atoms with Gasteiger partial charge >= 0.3 is 0 Å². The van der Waals surface area contributed by atoms with Crippen LogP contribution in [0.4, 0.5) is 10.1 Å². The van der Waals surface area contributed by atoms with E-state index in [4.69, 9.17) is 9.72 Å². The number of methoxy groups -OCH3 is 1. The molecule has 2 aromatic heterocycles. The highest BCUT2D eigenvalue weighted by atomic mass is 32.2. The van der Waals surface area contributed by atoms with Crippen molar-refractivity contribution in [2.45, 2.75) is 32.1 Å². The number of thioether (sulfide) groups is 1. The first-order chi connectivity index (χ1) is 16.4. The number of hydrogen-bond acceptors (Lipinski definition) is 6. The van der Waals surface area contributed by atoms with E-state index < -0.39 is 0 Å². The molecule has 1 amide bonds. The van der Waals surface area contributed by atoms with Crippen molar-refractivity contribution in [1.82, 2.24) is 19.3 Å². The zero-order valence-electron chi connectivity index (χ0n) is 19.0. The van der Waals surface area contributed by atoms with Gasteiger partial charge in [-0.05, 0) is 44.2 Å². The van der Waals surface area contributed by atoms with Crippen LogP contribution in [0.3, 0.4) is 0 Å². The SMILES string of the molecule is CCn1nc(C)c2nc(SCC(=O)Nc3ccc(F)cc3)n(Cc3ccccc3OC)c(=O)c21. The Morgan fingerprint density at radius 2 is 1.91 bits per heavy atom. The Morgan fingerprint density at radius 3 is 2.62 bits per heavy atom. The molecular formula is C24H24FN5O3S. The van der Waals surface area contributed by atoms with Gasteiger partial charge in [-0.2, -0.15) is 5.10 Å². The van der Waals surface area contributed by atoms with Gasteiger partial charge in [0, 0.05) is 17.8 Å². The Hall–Kier alpha value is -3.66. The Balaban J connectivity index is 1.69. The molecule has 2 heterocycles. The summed E-state index contributed by atoms with van der Waals surface area (Å²) in [6.07, 6.45) is 0. The average Bonchev–Trinajstić information content (AvgIpc) is 3.17. The lowest BCUT2D eigenvalue weighted by atomic mass is 10.2. The fraction of sp³-hybridized carbons (Fsp3) is 0.250. The van der Waals surface area contributed by atoms with Crippen molar-refractivity contribution in [3.8, 4) is 5.75 Å². The maximum Gasteiger partial charge on any atom is 0.280 e. The summed E-state index contributed by atoms with van der Waals surface area (Å²) in [5, 5.41) is 7.57. The second kappa shape index (κ2) is 10.1. The van der Waals surface area contributed by atoms with Crippen LogP contribution >= 0.6 is 11.8 Å². The van der Waals surface area contributed by atoms with Crippen LogP contribution < -0.4 is 15.6 Å². The Bertz CT molecular complexity index is 1400. The van der Waals surface area contributed by atoms with Crippen LogP contribution in [0.15, 0.2) is 58.5 Å². The normalized spacial score (nSPS) is 11.1. The van der Waals surface area contributed by atoms with Gasteiger partial charge in [0.15, 0.2) is 10.7 Å². The second-order valence-corrected chi connectivity index (χ2v) is 8.48. The topological polar surface area (TPSA) is 91.0 Å². The van der Waals surface area contributed by atoms with Crippen LogP contribution in [0.5, 0.6) is 5.75 Å². The number of para-hydroxylation sites is 1. The highest BCUT2D eigenvalue weighted by Crippen LogP contribution is 2.24. The Labute approximate surface area is 199 Å². The van der Waals surface area contributed by atoms with Crippen LogP contribution in [0.1, 0.15) is 18.2 Å². The molecule has 0 fully saturated rings. The van der Waals surface area contributed by atoms with Crippen molar-refractivity contribution >= 4 is 34.4 Å². The van der Waals surface area contributed by atoms with E-state index in [1.165, 1.54) is 24.3 Å². The number of halogens is 1. The molecule has 176 valence electrons. The number of hydrogen-bond donors (Lipinski definition) is 1. The van der Waals surface area contributed by atoms with Gasteiger partial charge in [0.1, 0.15) is 17.1 Å². The zero-order chi connectivity index (χ0) is 24.2. The summed E-state index contributed by atoms with van der Waals surface area (Å²) >= 11 is 1.15. The summed E-state index contributed by atoms with van der Waals surface area (Å²) in [6.45, 7) is 4.48. The summed E-state index contributed by atoms with van der Waals surface area (Å²) in [7, 11) is 1.58. The van der Waals surface area contributed by atoms with E-state index in [1.54, 1.807) is 23.3 Å². The zero-order valence-corrected chi connectivity index (χ0v) is 19.9. The lowest BCUT2D eigenvalue weighted by Gasteiger charge is -2.14. The van der Waals surface area contributed by atoms with Crippen molar-refractivity contribution in [3.05, 3.63) is 76.0 Å². The number of fused-ring (bicyclic) bond motifs is 1. The minimum absolute atomic E-state index is 0.0161. The van der Waals surface area contributed by atoms with Crippen molar-refractivity contribution in [2.75, 3.05) is 18.2 Å². The molecule has 0 aliphatic heterocycles. The van der Waals surface area contributed by atoms with E-state index in [0.717, 1.165) is 17.3 Å². The number of nitrogens with one attached hydrogen (secondary N) is 1. The maximum absolute atomic E-state index is 13.6. The lowest BCUT2D eigenvalue weighted by molar-refractivity contribution is -0.113. The predicted molar refractivity (Wildman–Crippen MR) is 130 cm³/mol. The molecule has 34 heavy (non-hydrogen) atoms. The van der Waals surface area contributed by atoms with Gasteiger partial charge in [-0.15, -0.1) is 0 Å². The van der Waals surface area contributed by atoms with Gasteiger partial charge in [-0.3, -0.25) is 18.8 Å². The third-order valence-electron chi connectivity index (χ3n) is 5.26. The molecule has 0 aliphatic carbocycles. The van der Waals surface area contributed by atoms with Gasteiger partial charge in [0.05, 0.1) is 25.1 Å². The lowest BCUT2D eigenvalue weighted by Crippen LogP contribution is -2.26. The third kappa shape index (κ3) is 4.81. The number of aromatic nitrogens is 4.